The molecule has 0 N–H and O–H groups in total. The highest BCUT2D eigenvalue weighted by molar-refractivity contribution is 7.16. The molecule has 0 atom stereocenters. The second-order valence-electron chi connectivity index (χ2n) is 8.02. The number of hydrogen-bond acceptors (Lipinski definition) is 2. The van der Waals surface area contributed by atoms with Crippen molar-refractivity contribution < 1.29 is 0 Å². The van der Waals surface area contributed by atoms with Crippen molar-refractivity contribution in [2.24, 2.45) is 5.41 Å². The van der Waals surface area contributed by atoms with Crippen molar-refractivity contribution in [3.05, 3.63) is 59.5 Å². The molecule has 3 heterocycles. The molecule has 0 fully saturated rings. The van der Waals surface area contributed by atoms with Crippen LogP contribution < -0.4 is 0 Å². The van der Waals surface area contributed by atoms with Crippen molar-refractivity contribution in [1.29, 1.82) is 0 Å². The molecule has 0 saturated carbocycles. The van der Waals surface area contributed by atoms with E-state index in [-0.39, 0.29) is 5.41 Å². The number of fused-ring (bicyclic) bond motifs is 8. The maximum atomic E-state index is 4.91. The van der Waals surface area contributed by atoms with Gasteiger partial charge in [-0.05, 0) is 46.4 Å². The molecule has 3 heteroatoms. The highest BCUT2D eigenvalue weighted by Gasteiger charge is 2.16. The Morgan fingerprint density at radius 2 is 1.76 bits per heavy atom. The van der Waals surface area contributed by atoms with Crippen molar-refractivity contribution in [3.63, 3.8) is 0 Å². The van der Waals surface area contributed by atoms with Crippen molar-refractivity contribution >= 4 is 49.0 Å². The van der Waals surface area contributed by atoms with Crippen LogP contribution in [0.15, 0.2) is 53.9 Å². The van der Waals surface area contributed by atoms with Crippen LogP contribution in [-0.4, -0.2) is 9.38 Å². The van der Waals surface area contributed by atoms with Gasteiger partial charge in [0, 0.05) is 10.8 Å². The van der Waals surface area contributed by atoms with Crippen LogP contribution in [0, 0.1) is 5.41 Å². The topological polar surface area (TPSA) is 17.3 Å². The molecule has 0 radical (unpaired) electrons. The first-order valence-corrected chi connectivity index (χ1v) is 9.58. The van der Waals surface area contributed by atoms with E-state index in [1.165, 1.54) is 32.1 Å². The molecule has 5 rings (SSSR count). The molecular formula is C22H20N2S. The van der Waals surface area contributed by atoms with Crippen molar-refractivity contribution in [1.82, 2.24) is 9.38 Å². The summed E-state index contributed by atoms with van der Waals surface area (Å²) in [7, 11) is 0. The van der Waals surface area contributed by atoms with Gasteiger partial charge in [0.05, 0.1) is 5.52 Å². The first-order valence-electron chi connectivity index (χ1n) is 8.70. The largest absolute Gasteiger partial charge is 0.283 e. The first kappa shape index (κ1) is 14.9. The number of nitrogens with zero attached hydrogens (tertiary/aromatic N) is 2. The summed E-state index contributed by atoms with van der Waals surface area (Å²) in [6.45, 7) is 6.89. The van der Waals surface area contributed by atoms with Crippen molar-refractivity contribution in [2.75, 3.05) is 0 Å². The Bertz CT molecular complexity index is 1250. The summed E-state index contributed by atoms with van der Waals surface area (Å²) in [6, 6.07) is 17.7. The van der Waals surface area contributed by atoms with Crippen LogP contribution >= 0.6 is 11.3 Å². The van der Waals surface area contributed by atoms with E-state index in [4.69, 9.17) is 4.98 Å². The fraction of sp³-hybridized carbons (Fsp3) is 0.227. The lowest BCUT2D eigenvalue weighted by Gasteiger charge is -2.19. The number of aromatic nitrogens is 2. The molecule has 0 saturated heterocycles. The number of thiophene rings is 1. The summed E-state index contributed by atoms with van der Waals surface area (Å²) in [5, 5.41) is 5.96. The summed E-state index contributed by atoms with van der Waals surface area (Å²) in [5.74, 6) is 0. The lowest BCUT2D eigenvalue weighted by Crippen LogP contribution is -2.09. The molecule has 3 aromatic heterocycles. The Morgan fingerprint density at radius 3 is 2.56 bits per heavy atom. The van der Waals surface area contributed by atoms with Crippen molar-refractivity contribution in [3.8, 4) is 0 Å². The van der Waals surface area contributed by atoms with Gasteiger partial charge in [-0.1, -0.05) is 51.1 Å². The molecular weight excluding hydrogens is 324 g/mol. The number of pyridine rings is 1. The van der Waals surface area contributed by atoms with Crippen LogP contribution in [0.2, 0.25) is 0 Å². The smallest absolute Gasteiger partial charge is 0.147 e. The zero-order valence-electron chi connectivity index (χ0n) is 14.7. The Kier molecular flexibility index (Phi) is 3.02. The Hall–Kier alpha value is -2.39. The molecule has 0 amide bonds. The quantitative estimate of drug-likeness (QED) is 0.320. The van der Waals surface area contributed by atoms with E-state index < -0.39 is 0 Å². The van der Waals surface area contributed by atoms with E-state index in [0.717, 1.165) is 17.6 Å². The van der Waals surface area contributed by atoms with Gasteiger partial charge in [-0.3, -0.25) is 4.40 Å². The summed E-state index contributed by atoms with van der Waals surface area (Å²) in [6.07, 6.45) is 1.08. The summed E-state index contributed by atoms with van der Waals surface area (Å²) in [4.78, 5) is 6.14. The maximum Gasteiger partial charge on any atom is 0.147 e. The standard InChI is InChI=1S/C22H20N2S/c1-22(2,3)13-14-8-9-19-17(12-14)15-6-4-5-7-16(15)20-23-18-10-11-25-21(18)24(19)20/h4-12H,13H2,1-3H3. The maximum absolute atomic E-state index is 4.91. The molecule has 0 bridgehead atoms. The van der Waals surface area contributed by atoms with Gasteiger partial charge in [0.15, 0.2) is 0 Å². The third-order valence-corrected chi connectivity index (χ3v) is 5.65. The highest BCUT2D eigenvalue weighted by Crippen LogP contribution is 2.35. The first-order chi connectivity index (χ1) is 12.0. The average molecular weight is 344 g/mol. The van der Waals surface area contributed by atoms with Gasteiger partial charge in [0.25, 0.3) is 0 Å². The minimum absolute atomic E-state index is 0.281. The van der Waals surface area contributed by atoms with Crippen LogP contribution in [-0.2, 0) is 6.42 Å². The van der Waals surface area contributed by atoms with E-state index in [1.54, 1.807) is 11.3 Å². The van der Waals surface area contributed by atoms with Crippen molar-refractivity contribution in [2.45, 2.75) is 27.2 Å². The zero-order valence-corrected chi connectivity index (χ0v) is 15.5. The third kappa shape index (κ3) is 2.26. The van der Waals surface area contributed by atoms with E-state index in [1.807, 2.05) is 0 Å². The SMILES string of the molecule is CC(C)(C)Cc1ccc2c(c1)c1ccccc1c1nc3ccsc3n21. The molecule has 0 spiro atoms. The lowest BCUT2D eigenvalue weighted by atomic mass is 9.87. The van der Waals surface area contributed by atoms with Crippen LogP contribution in [0.1, 0.15) is 26.3 Å². The number of hydrogen-bond donors (Lipinski definition) is 0. The number of rotatable bonds is 1. The zero-order chi connectivity index (χ0) is 17.2. The summed E-state index contributed by atoms with van der Waals surface area (Å²) >= 11 is 1.76. The summed E-state index contributed by atoms with van der Waals surface area (Å²) < 4.78 is 2.33. The van der Waals surface area contributed by atoms with Crippen LogP contribution in [0.3, 0.4) is 0 Å². The Morgan fingerprint density at radius 1 is 0.960 bits per heavy atom. The van der Waals surface area contributed by atoms with Gasteiger partial charge in [0.1, 0.15) is 16.0 Å². The fourth-order valence-electron chi connectivity index (χ4n) is 3.84. The van der Waals surface area contributed by atoms with Gasteiger partial charge in [-0.25, -0.2) is 4.98 Å². The molecule has 0 aliphatic rings. The molecule has 0 aliphatic carbocycles. The molecule has 2 nitrogen and oxygen atoms in total. The number of imidazole rings is 1. The average Bonchev–Trinajstić information content (AvgIpc) is 3.14. The minimum Gasteiger partial charge on any atom is -0.283 e. The van der Waals surface area contributed by atoms with Gasteiger partial charge < -0.3 is 0 Å². The second kappa shape index (κ2) is 5.06. The van der Waals surface area contributed by atoms with Gasteiger partial charge >= 0.3 is 0 Å². The molecule has 0 unspecified atom stereocenters. The molecule has 5 aromatic rings. The molecule has 25 heavy (non-hydrogen) atoms. The third-order valence-electron chi connectivity index (χ3n) is 4.76. The minimum atomic E-state index is 0.281. The fourth-order valence-corrected chi connectivity index (χ4v) is 4.69. The lowest BCUT2D eigenvalue weighted by molar-refractivity contribution is 0.411. The monoisotopic (exact) mass is 344 g/mol. The Labute approximate surface area is 150 Å². The van der Waals surface area contributed by atoms with Gasteiger partial charge in [-0.2, -0.15) is 0 Å². The van der Waals surface area contributed by atoms with E-state index in [0.29, 0.717) is 0 Å². The van der Waals surface area contributed by atoms with E-state index in [9.17, 15) is 0 Å². The predicted octanol–water partition coefficient (Wildman–Crippen LogP) is 6.44. The Balaban J connectivity index is 1.97. The predicted molar refractivity (Wildman–Crippen MR) is 109 cm³/mol. The molecule has 0 aliphatic heterocycles. The second-order valence-corrected chi connectivity index (χ2v) is 8.91. The molecule has 2 aromatic carbocycles. The summed E-state index contributed by atoms with van der Waals surface area (Å²) in [5.41, 5.74) is 5.07. The van der Waals surface area contributed by atoms with E-state index in [2.05, 4.69) is 79.1 Å². The van der Waals surface area contributed by atoms with Gasteiger partial charge in [-0.15, -0.1) is 11.3 Å². The van der Waals surface area contributed by atoms with Crippen LogP contribution in [0.4, 0.5) is 0 Å². The van der Waals surface area contributed by atoms with Gasteiger partial charge in [0.2, 0.25) is 0 Å². The molecule has 124 valence electrons. The number of benzene rings is 2. The normalized spacial score (nSPS) is 12.8. The highest BCUT2D eigenvalue weighted by atomic mass is 32.1. The van der Waals surface area contributed by atoms with E-state index >= 15 is 0 Å². The van der Waals surface area contributed by atoms with Crippen LogP contribution in [0.25, 0.3) is 37.7 Å². The van der Waals surface area contributed by atoms with Crippen LogP contribution in [0.5, 0.6) is 0 Å².